The van der Waals surface area contributed by atoms with Crippen molar-refractivity contribution >= 4 is 23.6 Å². The van der Waals surface area contributed by atoms with Crippen molar-refractivity contribution < 1.29 is 14.7 Å². The molecule has 0 spiro atoms. The van der Waals surface area contributed by atoms with Gasteiger partial charge in [-0.15, -0.1) is 11.8 Å². The van der Waals surface area contributed by atoms with Gasteiger partial charge in [-0.1, -0.05) is 36.8 Å². The van der Waals surface area contributed by atoms with Crippen LogP contribution < -0.4 is 5.32 Å². The van der Waals surface area contributed by atoms with Crippen LogP contribution in [-0.4, -0.2) is 28.0 Å². The molecule has 2 rings (SSSR count). The molecule has 114 valence electrons. The maximum Gasteiger partial charge on any atom is 0.303 e. The highest BCUT2D eigenvalue weighted by molar-refractivity contribution is 8.00. The topological polar surface area (TPSA) is 66.4 Å². The summed E-state index contributed by atoms with van der Waals surface area (Å²) in [5.74, 6) is 0.236. The molecule has 4 nitrogen and oxygen atoms in total. The molecule has 2 N–H and O–H groups in total. The first kappa shape index (κ1) is 15.9. The third-order valence-electron chi connectivity index (χ3n) is 3.64. The summed E-state index contributed by atoms with van der Waals surface area (Å²) >= 11 is 1.70. The summed E-state index contributed by atoms with van der Waals surface area (Å²) in [6, 6.07) is 9.37. The second-order valence-electron chi connectivity index (χ2n) is 5.26. The summed E-state index contributed by atoms with van der Waals surface area (Å²) in [6.07, 6.45) is 3.66. The Kier molecular flexibility index (Phi) is 6.11. The van der Waals surface area contributed by atoms with Crippen LogP contribution in [0.1, 0.15) is 43.7 Å². The number of thioether (sulfide) groups is 1. The Balaban J connectivity index is 2.00. The molecule has 1 aromatic carbocycles. The third kappa shape index (κ3) is 5.08. The first-order valence-corrected chi connectivity index (χ1v) is 8.40. The van der Waals surface area contributed by atoms with Gasteiger partial charge in [-0.05, 0) is 30.6 Å². The molecule has 0 aromatic heterocycles. The lowest BCUT2D eigenvalue weighted by Crippen LogP contribution is -2.37. The lowest BCUT2D eigenvalue weighted by atomic mass is 10.0. The quantitative estimate of drug-likeness (QED) is 0.848. The van der Waals surface area contributed by atoms with Crippen molar-refractivity contribution in [1.29, 1.82) is 0 Å². The van der Waals surface area contributed by atoms with E-state index in [0.717, 1.165) is 24.2 Å². The number of carboxylic acid groups (broad SMARTS) is 1. The number of rotatable bonds is 6. The first-order chi connectivity index (χ1) is 10.2. The van der Waals surface area contributed by atoms with E-state index in [-0.39, 0.29) is 23.6 Å². The Bertz CT molecular complexity index is 472. The van der Waals surface area contributed by atoms with Gasteiger partial charge in [-0.25, -0.2) is 0 Å². The predicted octanol–water partition coefficient (Wildman–Crippen LogP) is 2.99. The van der Waals surface area contributed by atoms with Crippen molar-refractivity contribution in [2.75, 3.05) is 5.75 Å². The van der Waals surface area contributed by atoms with E-state index in [1.807, 2.05) is 30.3 Å². The van der Waals surface area contributed by atoms with Gasteiger partial charge in [0.15, 0.2) is 0 Å². The lowest BCUT2D eigenvalue weighted by molar-refractivity contribution is -0.137. The Morgan fingerprint density at radius 1 is 1.29 bits per heavy atom. The van der Waals surface area contributed by atoms with E-state index in [1.54, 1.807) is 11.8 Å². The number of carboxylic acids is 1. The van der Waals surface area contributed by atoms with Gasteiger partial charge in [-0.2, -0.15) is 0 Å². The van der Waals surface area contributed by atoms with E-state index in [0.29, 0.717) is 6.42 Å². The Labute approximate surface area is 129 Å². The van der Waals surface area contributed by atoms with E-state index in [1.165, 1.54) is 6.42 Å². The Hall–Kier alpha value is -1.49. The minimum atomic E-state index is -0.836. The van der Waals surface area contributed by atoms with Crippen LogP contribution in [0, 0.1) is 0 Å². The monoisotopic (exact) mass is 307 g/mol. The zero-order chi connectivity index (χ0) is 15.1. The first-order valence-electron chi connectivity index (χ1n) is 7.35. The van der Waals surface area contributed by atoms with Crippen LogP contribution in [-0.2, 0) is 9.59 Å². The maximum atomic E-state index is 12.3. The molecule has 21 heavy (non-hydrogen) atoms. The van der Waals surface area contributed by atoms with Gasteiger partial charge in [0, 0.05) is 6.42 Å². The van der Waals surface area contributed by atoms with Crippen LogP contribution in [0.15, 0.2) is 30.3 Å². The van der Waals surface area contributed by atoms with Crippen LogP contribution in [0.3, 0.4) is 0 Å². The molecule has 0 aliphatic carbocycles. The molecule has 1 heterocycles. The van der Waals surface area contributed by atoms with Crippen LogP contribution in [0.4, 0.5) is 0 Å². The summed E-state index contributed by atoms with van der Waals surface area (Å²) in [5.41, 5.74) is 0.966. The normalized spacial score (nSPS) is 19.7. The standard InChI is InChI=1S/C16H21NO3S/c18-15(19)10-9-13(12-6-2-1-3-7-12)17-16(20)14-8-4-5-11-21-14/h1-3,6-7,13-14H,4-5,8-11H2,(H,17,20)(H,18,19). The lowest BCUT2D eigenvalue weighted by Gasteiger charge is -2.24. The fourth-order valence-electron chi connectivity index (χ4n) is 2.49. The minimum Gasteiger partial charge on any atom is -0.481 e. The third-order valence-corrected chi connectivity index (χ3v) is 5.01. The van der Waals surface area contributed by atoms with Gasteiger partial charge in [0.25, 0.3) is 0 Å². The maximum absolute atomic E-state index is 12.3. The average Bonchev–Trinajstić information content (AvgIpc) is 2.52. The molecule has 0 bridgehead atoms. The molecule has 1 saturated heterocycles. The Morgan fingerprint density at radius 3 is 2.67 bits per heavy atom. The molecular weight excluding hydrogens is 286 g/mol. The van der Waals surface area contributed by atoms with Gasteiger partial charge < -0.3 is 10.4 Å². The minimum absolute atomic E-state index is 0.00907. The second-order valence-corrected chi connectivity index (χ2v) is 6.57. The predicted molar refractivity (Wildman–Crippen MR) is 84.3 cm³/mol. The fourth-order valence-corrected chi connectivity index (χ4v) is 3.70. The molecule has 0 saturated carbocycles. The molecule has 2 atom stereocenters. The summed E-state index contributed by atoms with van der Waals surface area (Å²) in [6.45, 7) is 0. The van der Waals surface area contributed by atoms with Gasteiger partial charge in [0.2, 0.25) is 5.91 Å². The smallest absolute Gasteiger partial charge is 0.303 e. The van der Waals surface area contributed by atoms with Crippen molar-refractivity contribution in [2.24, 2.45) is 0 Å². The molecule has 1 aliphatic heterocycles. The number of hydrogen-bond acceptors (Lipinski definition) is 3. The Morgan fingerprint density at radius 2 is 2.05 bits per heavy atom. The van der Waals surface area contributed by atoms with E-state index < -0.39 is 5.97 Å². The highest BCUT2D eigenvalue weighted by Gasteiger charge is 2.24. The largest absolute Gasteiger partial charge is 0.481 e. The number of aliphatic carboxylic acids is 1. The van der Waals surface area contributed by atoms with E-state index in [9.17, 15) is 9.59 Å². The van der Waals surface area contributed by atoms with Crippen molar-refractivity contribution in [3.05, 3.63) is 35.9 Å². The number of amides is 1. The molecule has 2 unspecified atom stereocenters. The highest BCUT2D eigenvalue weighted by atomic mass is 32.2. The number of nitrogens with one attached hydrogen (secondary N) is 1. The van der Waals surface area contributed by atoms with E-state index >= 15 is 0 Å². The van der Waals surface area contributed by atoms with Crippen LogP contribution >= 0.6 is 11.8 Å². The molecule has 5 heteroatoms. The highest BCUT2D eigenvalue weighted by Crippen LogP contribution is 2.26. The van der Waals surface area contributed by atoms with Gasteiger partial charge in [0.05, 0.1) is 11.3 Å². The number of carbonyl (C=O) groups is 2. The molecule has 0 radical (unpaired) electrons. The molecule has 1 aliphatic rings. The summed E-state index contributed by atoms with van der Waals surface area (Å²) in [7, 11) is 0. The van der Waals surface area contributed by atoms with Gasteiger partial charge >= 0.3 is 5.97 Å². The second kappa shape index (κ2) is 8.08. The summed E-state index contributed by atoms with van der Waals surface area (Å²) in [4.78, 5) is 23.2. The van der Waals surface area contributed by atoms with Gasteiger partial charge in [-0.3, -0.25) is 9.59 Å². The van der Waals surface area contributed by atoms with Gasteiger partial charge in [0.1, 0.15) is 0 Å². The zero-order valence-corrected chi connectivity index (χ0v) is 12.8. The van der Waals surface area contributed by atoms with Crippen molar-refractivity contribution in [1.82, 2.24) is 5.32 Å². The number of carbonyl (C=O) groups excluding carboxylic acids is 1. The van der Waals surface area contributed by atoms with Crippen LogP contribution in [0.2, 0.25) is 0 Å². The van der Waals surface area contributed by atoms with Crippen molar-refractivity contribution in [2.45, 2.75) is 43.4 Å². The fraction of sp³-hybridized carbons (Fsp3) is 0.500. The SMILES string of the molecule is O=C(O)CCC(NC(=O)C1CCCCS1)c1ccccc1. The van der Waals surface area contributed by atoms with E-state index in [2.05, 4.69) is 5.32 Å². The average molecular weight is 307 g/mol. The molecule has 1 amide bonds. The van der Waals surface area contributed by atoms with E-state index in [4.69, 9.17) is 5.11 Å². The zero-order valence-electron chi connectivity index (χ0n) is 12.0. The summed E-state index contributed by atoms with van der Waals surface area (Å²) < 4.78 is 0. The number of benzene rings is 1. The molecular formula is C16H21NO3S. The number of hydrogen-bond donors (Lipinski definition) is 2. The van der Waals surface area contributed by atoms with Crippen LogP contribution in [0.5, 0.6) is 0 Å². The van der Waals surface area contributed by atoms with Crippen molar-refractivity contribution in [3.63, 3.8) is 0 Å². The van der Waals surface area contributed by atoms with Crippen molar-refractivity contribution in [3.8, 4) is 0 Å². The molecule has 1 fully saturated rings. The molecule has 1 aromatic rings. The summed E-state index contributed by atoms with van der Waals surface area (Å²) in [5, 5.41) is 11.9. The van der Waals surface area contributed by atoms with Crippen LogP contribution in [0.25, 0.3) is 0 Å².